The highest BCUT2D eigenvalue weighted by Crippen LogP contribution is 2.42. The summed E-state index contributed by atoms with van der Waals surface area (Å²) in [6.45, 7) is 6.69. The number of aryl methyl sites for hydroxylation is 2. The van der Waals surface area contributed by atoms with Gasteiger partial charge in [-0.2, -0.15) is 0 Å². The average Bonchev–Trinajstić information content (AvgIpc) is 3.55. The van der Waals surface area contributed by atoms with Crippen LogP contribution in [0.5, 0.6) is 11.5 Å². The van der Waals surface area contributed by atoms with Crippen LogP contribution in [0.2, 0.25) is 0 Å². The van der Waals surface area contributed by atoms with Gasteiger partial charge in [0, 0.05) is 0 Å². The maximum Gasteiger partial charge on any atom is 0.291 e. The Balaban J connectivity index is 1.48. The molecule has 0 bridgehead atoms. The van der Waals surface area contributed by atoms with Crippen molar-refractivity contribution in [3.8, 4) is 11.5 Å². The lowest BCUT2D eigenvalue weighted by Gasteiger charge is -2.25. The van der Waals surface area contributed by atoms with Crippen LogP contribution in [0.1, 0.15) is 57.1 Å². The standard InChI is InChI=1S/C33H29NO6/c1-4-37-26-17-23(12-13-25(26)39-19-22-9-6-5-7-10-22)30-29-31(35)28-21(3)15-20(2)16-27(28)40-32(29)33(36)34(30)18-24-11-8-14-38-24/h5-17,30H,4,18-19H2,1-3H3. The quantitative estimate of drug-likeness (QED) is 0.219. The molecular formula is C33H29NO6. The van der Waals surface area contributed by atoms with Crippen LogP contribution in [0.25, 0.3) is 11.0 Å². The zero-order chi connectivity index (χ0) is 27.8. The number of hydrogen-bond acceptors (Lipinski definition) is 6. The Morgan fingerprint density at radius 1 is 0.900 bits per heavy atom. The van der Waals surface area contributed by atoms with Crippen LogP contribution in [0, 0.1) is 13.8 Å². The van der Waals surface area contributed by atoms with Crippen molar-refractivity contribution >= 4 is 16.9 Å². The summed E-state index contributed by atoms with van der Waals surface area (Å²) in [4.78, 5) is 29.5. The maximum atomic E-state index is 14.0. The van der Waals surface area contributed by atoms with Crippen LogP contribution in [0.4, 0.5) is 0 Å². The van der Waals surface area contributed by atoms with Crippen LogP contribution >= 0.6 is 0 Å². The molecule has 0 N–H and O–H groups in total. The van der Waals surface area contributed by atoms with Crippen LogP contribution in [-0.4, -0.2) is 17.4 Å². The van der Waals surface area contributed by atoms with Crippen molar-refractivity contribution in [3.05, 3.63) is 129 Å². The fourth-order valence-electron chi connectivity index (χ4n) is 5.41. The molecule has 0 spiro atoms. The van der Waals surface area contributed by atoms with Crippen LogP contribution in [0.3, 0.4) is 0 Å². The van der Waals surface area contributed by atoms with Crippen molar-refractivity contribution in [2.75, 3.05) is 6.61 Å². The van der Waals surface area contributed by atoms with E-state index in [1.807, 2.05) is 75.4 Å². The third-order valence-corrected chi connectivity index (χ3v) is 7.14. The zero-order valence-corrected chi connectivity index (χ0v) is 22.6. The molecule has 202 valence electrons. The van der Waals surface area contributed by atoms with E-state index in [0.717, 1.165) is 16.7 Å². The van der Waals surface area contributed by atoms with Gasteiger partial charge < -0.3 is 23.2 Å². The molecule has 1 unspecified atom stereocenters. The van der Waals surface area contributed by atoms with Gasteiger partial charge >= 0.3 is 0 Å². The summed E-state index contributed by atoms with van der Waals surface area (Å²) in [6.07, 6.45) is 1.56. The summed E-state index contributed by atoms with van der Waals surface area (Å²) < 4.78 is 23.8. The smallest absolute Gasteiger partial charge is 0.291 e. The number of ether oxygens (including phenoxy) is 2. The second-order valence-corrected chi connectivity index (χ2v) is 9.96. The Hall–Kier alpha value is -4.78. The van der Waals surface area contributed by atoms with Crippen LogP contribution in [0.15, 0.2) is 92.7 Å². The lowest BCUT2D eigenvalue weighted by atomic mass is 9.96. The number of benzene rings is 3. The highest BCUT2D eigenvalue weighted by molar-refractivity contribution is 5.99. The van der Waals surface area contributed by atoms with E-state index in [1.165, 1.54) is 0 Å². The summed E-state index contributed by atoms with van der Waals surface area (Å²) in [6, 6.07) is 22.0. The summed E-state index contributed by atoms with van der Waals surface area (Å²) in [7, 11) is 0. The molecule has 0 radical (unpaired) electrons. The van der Waals surface area contributed by atoms with Gasteiger partial charge in [0.25, 0.3) is 5.91 Å². The number of amides is 1. The Kier molecular flexibility index (Phi) is 6.64. The molecule has 7 nitrogen and oxygen atoms in total. The number of rotatable bonds is 8. The molecule has 3 aromatic carbocycles. The molecular weight excluding hydrogens is 506 g/mol. The molecule has 7 heteroatoms. The molecule has 2 aromatic heterocycles. The third kappa shape index (κ3) is 4.53. The lowest BCUT2D eigenvalue weighted by molar-refractivity contribution is 0.0701. The molecule has 1 atom stereocenters. The van der Waals surface area contributed by atoms with Gasteiger partial charge in [0.2, 0.25) is 5.76 Å². The van der Waals surface area contributed by atoms with Gasteiger partial charge in [0.05, 0.1) is 36.4 Å². The fourth-order valence-corrected chi connectivity index (χ4v) is 5.41. The Labute approximate surface area is 231 Å². The predicted octanol–water partition coefficient (Wildman–Crippen LogP) is 6.73. The van der Waals surface area contributed by atoms with E-state index in [1.54, 1.807) is 29.4 Å². The average molecular weight is 536 g/mol. The molecule has 0 saturated heterocycles. The monoisotopic (exact) mass is 535 g/mol. The van der Waals surface area contributed by atoms with E-state index in [2.05, 4.69) is 0 Å². The normalized spacial score (nSPS) is 14.5. The topological polar surface area (TPSA) is 82.1 Å². The molecule has 1 aliphatic rings. The van der Waals surface area contributed by atoms with Gasteiger partial charge in [-0.15, -0.1) is 0 Å². The predicted molar refractivity (Wildman–Crippen MR) is 151 cm³/mol. The van der Waals surface area contributed by atoms with E-state index < -0.39 is 6.04 Å². The van der Waals surface area contributed by atoms with Crippen molar-refractivity contribution in [3.63, 3.8) is 0 Å². The minimum Gasteiger partial charge on any atom is -0.490 e. The molecule has 5 aromatic rings. The van der Waals surface area contributed by atoms with Crippen molar-refractivity contribution in [1.82, 2.24) is 4.90 Å². The van der Waals surface area contributed by atoms with Gasteiger partial charge in [0.1, 0.15) is 18.0 Å². The van der Waals surface area contributed by atoms with Gasteiger partial charge in [-0.25, -0.2) is 0 Å². The molecule has 1 aliphatic heterocycles. The van der Waals surface area contributed by atoms with Gasteiger partial charge in [0.15, 0.2) is 16.9 Å². The summed E-state index contributed by atoms with van der Waals surface area (Å²) in [5.74, 6) is 1.40. The molecule has 0 aliphatic carbocycles. The van der Waals surface area contributed by atoms with Gasteiger partial charge in [-0.3, -0.25) is 9.59 Å². The number of fused-ring (bicyclic) bond motifs is 2. The minimum atomic E-state index is -0.698. The van der Waals surface area contributed by atoms with Crippen molar-refractivity contribution in [2.24, 2.45) is 0 Å². The summed E-state index contributed by atoms with van der Waals surface area (Å²) >= 11 is 0. The third-order valence-electron chi connectivity index (χ3n) is 7.14. The SMILES string of the molecule is CCOc1cc(C2c3c(oc4cc(C)cc(C)c4c3=O)C(=O)N2Cc2ccco2)ccc1OCc1ccccc1. The molecule has 6 rings (SSSR count). The Bertz CT molecular complexity index is 1750. The van der Waals surface area contributed by atoms with Crippen molar-refractivity contribution < 1.29 is 23.1 Å². The molecule has 1 amide bonds. The number of furan rings is 1. The van der Waals surface area contributed by atoms with Crippen LogP contribution in [-0.2, 0) is 13.2 Å². The number of hydrogen-bond donors (Lipinski definition) is 0. The number of carbonyl (C=O) groups excluding carboxylic acids is 1. The highest BCUT2D eigenvalue weighted by Gasteiger charge is 2.43. The largest absolute Gasteiger partial charge is 0.490 e. The van der Waals surface area contributed by atoms with Crippen molar-refractivity contribution in [2.45, 2.75) is 40.0 Å². The highest BCUT2D eigenvalue weighted by atomic mass is 16.5. The van der Waals surface area contributed by atoms with Gasteiger partial charge in [-0.05, 0) is 73.4 Å². The second kappa shape index (κ2) is 10.4. The van der Waals surface area contributed by atoms with Crippen molar-refractivity contribution in [1.29, 1.82) is 0 Å². The first-order chi connectivity index (χ1) is 19.4. The lowest BCUT2D eigenvalue weighted by Crippen LogP contribution is -2.29. The van der Waals surface area contributed by atoms with E-state index in [4.69, 9.17) is 18.3 Å². The zero-order valence-electron chi connectivity index (χ0n) is 22.6. The van der Waals surface area contributed by atoms with Crippen LogP contribution < -0.4 is 14.9 Å². The van der Waals surface area contributed by atoms with E-state index >= 15 is 0 Å². The number of carbonyl (C=O) groups is 1. The van der Waals surface area contributed by atoms with E-state index in [0.29, 0.717) is 52.6 Å². The first-order valence-corrected chi connectivity index (χ1v) is 13.3. The van der Waals surface area contributed by atoms with Gasteiger partial charge in [-0.1, -0.05) is 42.5 Å². The van der Waals surface area contributed by atoms with E-state index in [-0.39, 0.29) is 23.6 Å². The Morgan fingerprint density at radius 2 is 1.73 bits per heavy atom. The summed E-state index contributed by atoms with van der Waals surface area (Å²) in [5, 5.41) is 0.481. The Morgan fingerprint density at radius 3 is 2.48 bits per heavy atom. The number of nitrogens with zero attached hydrogens (tertiary/aromatic N) is 1. The first kappa shape index (κ1) is 25.5. The van der Waals surface area contributed by atoms with E-state index in [9.17, 15) is 9.59 Å². The summed E-state index contributed by atoms with van der Waals surface area (Å²) in [5.41, 5.74) is 4.02. The molecule has 0 fully saturated rings. The molecule has 3 heterocycles. The molecule has 40 heavy (non-hydrogen) atoms. The molecule has 0 saturated carbocycles. The fraction of sp³-hybridized carbons (Fsp3) is 0.212. The first-order valence-electron chi connectivity index (χ1n) is 13.3. The minimum absolute atomic E-state index is 0.0569. The second-order valence-electron chi connectivity index (χ2n) is 9.96. The maximum absolute atomic E-state index is 14.0.